The van der Waals surface area contributed by atoms with Gasteiger partial charge in [-0.05, 0) is 88.6 Å². The summed E-state index contributed by atoms with van der Waals surface area (Å²) in [6, 6.07) is 65.7. The molecule has 4 heterocycles. The first-order valence-electron chi connectivity index (χ1n) is 20.7. The van der Waals surface area contributed by atoms with Crippen molar-refractivity contribution in [3.8, 4) is 38.3 Å². The maximum atomic E-state index is 9.97. The van der Waals surface area contributed by atoms with Crippen LogP contribution in [0.1, 0.15) is 5.56 Å². The highest BCUT2D eigenvalue weighted by atomic mass is 32.1. The molecule has 0 aliphatic heterocycles. The Morgan fingerprint density at radius 2 is 0.889 bits per heavy atom. The van der Waals surface area contributed by atoms with Crippen molar-refractivity contribution in [1.82, 2.24) is 19.1 Å². The molecule has 0 atom stereocenters. The molecule has 0 fully saturated rings. The molecule has 0 saturated heterocycles. The van der Waals surface area contributed by atoms with E-state index in [0.717, 1.165) is 97.9 Å². The Kier molecular flexibility index (Phi) is 7.50. The molecule has 0 saturated carbocycles. The largest absolute Gasteiger partial charge is 0.309 e. The SMILES string of the molecule is [C-]#[N+]c1ccc2c(c1)c1cc(C#N)ccc1c1nc3c(-c4ccc5c6ccccc6n(-c6ccccc6)c5c4)sc(-c4ccc5c6ccccc6n(-c6ccccc6)c5c4)c3nc21. The fourth-order valence-electron chi connectivity index (χ4n) is 9.73. The minimum Gasteiger partial charge on any atom is -0.309 e. The molecule has 63 heavy (non-hydrogen) atoms. The lowest BCUT2D eigenvalue weighted by atomic mass is 9.97. The summed E-state index contributed by atoms with van der Waals surface area (Å²) in [5, 5.41) is 18.3. The normalized spacial score (nSPS) is 11.8. The van der Waals surface area contributed by atoms with Gasteiger partial charge in [-0.1, -0.05) is 115 Å². The lowest BCUT2D eigenvalue weighted by Gasteiger charge is -2.11. The molecule has 0 unspecified atom stereocenters. The van der Waals surface area contributed by atoms with Crippen LogP contribution in [0.4, 0.5) is 5.69 Å². The molecule has 9 aromatic carbocycles. The van der Waals surface area contributed by atoms with Gasteiger partial charge in [0.2, 0.25) is 0 Å². The number of nitrogens with zero attached hydrogens (tertiary/aromatic N) is 6. The smallest absolute Gasteiger partial charge is 0.187 e. The van der Waals surface area contributed by atoms with Gasteiger partial charge in [-0.2, -0.15) is 5.26 Å². The average molecular weight is 819 g/mol. The van der Waals surface area contributed by atoms with Crippen molar-refractivity contribution in [2.75, 3.05) is 0 Å². The van der Waals surface area contributed by atoms with Gasteiger partial charge < -0.3 is 9.13 Å². The third-order valence-corrected chi connectivity index (χ3v) is 13.8. The molecular formula is C56H30N6S. The van der Waals surface area contributed by atoms with Gasteiger partial charge in [-0.3, -0.25) is 0 Å². The Morgan fingerprint density at radius 3 is 1.41 bits per heavy atom. The van der Waals surface area contributed by atoms with Gasteiger partial charge in [0.15, 0.2) is 5.69 Å². The monoisotopic (exact) mass is 818 g/mol. The topological polar surface area (TPSA) is 63.8 Å². The van der Waals surface area contributed by atoms with Crippen molar-refractivity contribution in [2.45, 2.75) is 0 Å². The molecule has 13 aromatic rings. The molecule has 0 amide bonds. The molecule has 6 nitrogen and oxygen atoms in total. The van der Waals surface area contributed by atoms with Crippen molar-refractivity contribution in [1.29, 1.82) is 5.26 Å². The van der Waals surface area contributed by atoms with Crippen LogP contribution in [0.5, 0.6) is 0 Å². The summed E-state index contributed by atoms with van der Waals surface area (Å²) < 4.78 is 4.71. The number of rotatable bonds is 4. The first-order chi connectivity index (χ1) is 31.1. The van der Waals surface area contributed by atoms with Crippen LogP contribution in [-0.4, -0.2) is 19.1 Å². The van der Waals surface area contributed by atoms with Gasteiger partial charge in [0.1, 0.15) is 11.0 Å². The van der Waals surface area contributed by atoms with Crippen molar-refractivity contribution >= 4 is 104 Å². The van der Waals surface area contributed by atoms with E-state index in [0.29, 0.717) is 11.3 Å². The molecule has 0 aliphatic carbocycles. The number of thiophene rings is 1. The van der Waals surface area contributed by atoms with Crippen molar-refractivity contribution in [2.24, 2.45) is 0 Å². The second kappa shape index (κ2) is 13.4. The molecule has 0 radical (unpaired) electrons. The molecule has 7 heteroatoms. The minimum atomic E-state index is 0.531. The molecule has 13 rings (SSSR count). The Labute approximate surface area is 364 Å². The number of para-hydroxylation sites is 4. The van der Waals surface area contributed by atoms with Gasteiger partial charge in [0.05, 0.1) is 61.1 Å². The molecule has 4 aromatic heterocycles. The predicted molar refractivity (Wildman–Crippen MR) is 260 cm³/mol. The highest BCUT2D eigenvalue weighted by Crippen LogP contribution is 2.47. The van der Waals surface area contributed by atoms with Gasteiger partial charge in [0.25, 0.3) is 0 Å². The number of benzene rings is 9. The molecule has 0 N–H and O–H groups in total. The number of nitriles is 1. The highest BCUT2D eigenvalue weighted by Gasteiger charge is 2.24. The van der Waals surface area contributed by atoms with Crippen LogP contribution in [-0.2, 0) is 0 Å². The maximum Gasteiger partial charge on any atom is 0.187 e. The summed E-state index contributed by atoms with van der Waals surface area (Å²) in [6.45, 7) is 7.83. The molecule has 0 aliphatic rings. The second-order valence-electron chi connectivity index (χ2n) is 15.9. The van der Waals surface area contributed by atoms with E-state index in [1.165, 1.54) is 21.5 Å². The third kappa shape index (κ3) is 5.15. The van der Waals surface area contributed by atoms with E-state index >= 15 is 0 Å². The van der Waals surface area contributed by atoms with Crippen LogP contribution < -0.4 is 0 Å². The van der Waals surface area contributed by atoms with Crippen LogP contribution >= 0.6 is 11.3 Å². The number of fused-ring (bicyclic) bond motifs is 13. The summed E-state index contributed by atoms with van der Waals surface area (Å²) >= 11 is 1.72. The Morgan fingerprint density at radius 1 is 0.429 bits per heavy atom. The predicted octanol–water partition coefficient (Wildman–Crippen LogP) is 15.1. The van der Waals surface area contributed by atoms with Crippen LogP contribution in [0.2, 0.25) is 0 Å². The van der Waals surface area contributed by atoms with E-state index in [1.807, 2.05) is 36.4 Å². The molecule has 290 valence electrons. The zero-order valence-corrected chi connectivity index (χ0v) is 34.2. The standard InChI is InChI=1S/C56H30N6S/c1-58-36-23-27-44-46(31-36)45-28-33(32-57)20-24-43(45)51-52(44)60-54-53(59-51)55(34-21-25-41-39-16-8-10-18-47(39)61(49(41)29-34)37-12-4-2-5-13-37)63-56(54)35-22-26-42-40-17-9-11-19-48(40)62(50(42)30-35)38-14-6-3-7-15-38/h2-31H. The summed E-state index contributed by atoms with van der Waals surface area (Å²) in [5.41, 5.74) is 13.1. The van der Waals surface area contributed by atoms with Crippen LogP contribution in [0.3, 0.4) is 0 Å². The lowest BCUT2D eigenvalue weighted by Crippen LogP contribution is -1.94. The van der Waals surface area contributed by atoms with E-state index in [9.17, 15) is 5.26 Å². The van der Waals surface area contributed by atoms with Gasteiger partial charge in [-0.15, -0.1) is 11.3 Å². The molecule has 0 bridgehead atoms. The first-order valence-corrected chi connectivity index (χ1v) is 21.6. The fraction of sp³-hybridized carbons (Fsp3) is 0. The first kappa shape index (κ1) is 35.2. The van der Waals surface area contributed by atoms with Crippen LogP contribution in [0.15, 0.2) is 182 Å². The van der Waals surface area contributed by atoms with E-state index in [1.54, 1.807) is 11.3 Å². The van der Waals surface area contributed by atoms with Crippen LogP contribution in [0.25, 0.3) is 124 Å². The summed E-state index contributed by atoms with van der Waals surface area (Å²) in [7, 11) is 0. The van der Waals surface area contributed by atoms with Gasteiger partial charge >= 0.3 is 0 Å². The van der Waals surface area contributed by atoms with E-state index in [4.69, 9.17) is 16.5 Å². The van der Waals surface area contributed by atoms with Crippen LogP contribution in [0, 0.1) is 17.9 Å². The zero-order valence-electron chi connectivity index (χ0n) is 33.4. The second-order valence-corrected chi connectivity index (χ2v) is 17.0. The van der Waals surface area contributed by atoms with Crippen molar-refractivity contribution < 1.29 is 0 Å². The molecule has 0 spiro atoms. The lowest BCUT2D eigenvalue weighted by molar-refractivity contribution is 1.18. The van der Waals surface area contributed by atoms with E-state index in [2.05, 4.69) is 166 Å². The summed E-state index contributed by atoms with van der Waals surface area (Å²) in [6.07, 6.45) is 0. The third-order valence-electron chi connectivity index (χ3n) is 12.5. The van der Waals surface area contributed by atoms with Crippen molar-refractivity contribution in [3.63, 3.8) is 0 Å². The van der Waals surface area contributed by atoms with E-state index < -0.39 is 0 Å². The fourth-order valence-corrected chi connectivity index (χ4v) is 10.9. The summed E-state index contributed by atoms with van der Waals surface area (Å²) in [4.78, 5) is 17.1. The zero-order chi connectivity index (χ0) is 41.8. The Bertz CT molecular complexity index is 3900. The maximum absolute atomic E-state index is 9.97. The Hall–Kier alpha value is -8.62. The minimum absolute atomic E-state index is 0.531. The molecular weight excluding hydrogens is 789 g/mol. The highest BCUT2D eigenvalue weighted by molar-refractivity contribution is 7.20. The van der Waals surface area contributed by atoms with Gasteiger partial charge in [-0.25, -0.2) is 14.8 Å². The van der Waals surface area contributed by atoms with E-state index in [-0.39, 0.29) is 0 Å². The Balaban J connectivity index is 1.15. The number of hydrogen-bond acceptors (Lipinski definition) is 4. The number of hydrogen-bond donors (Lipinski definition) is 0. The quantitative estimate of drug-likeness (QED) is 0.131. The van der Waals surface area contributed by atoms with Gasteiger partial charge in [0, 0.05) is 43.7 Å². The van der Waals surface area contributed by atoms with Crippen molar-refractivity contribution in [3.05, 3.63) is 199 Å². The average Bonchev–Trinajstić information content (AvgIpc) is 4.01. The number of aromatic nitrogens is 4. The summed E-state index contributed by atoms with van der Waals surface area (Å²) in [5.74, 6) is 0.